The summed E-state index contributed by atoms with van der Waals surface area (Å²) >= 11 is 0. The van der Waals surface area contributed by atoms with Crippen molar-refractivity contribution in [3.63, 3.8) is 0 Å². The second kappa shape index (κ2) is 9.60. The third kappa shape index (κ3) is 6.85. The number of primary amides is 2. The summed E-state index contributed by atoms with van der Waals surface area (Å²) in [5.41, 5.74) is 11.5. The van der Waals surface area contributed by atoms with Gasteiger partial charge in [0.25, 0.3) is 0 Å². The number of amides is 3. The van der Waals surface area contributed by atoms with E-state index in [9.17, 15) is 23.2 Å². The predicted molar refractivity (Wildman–Crippen MR) is 102 cm³/mol. The zero-order chi connectivity index (χ0) is 21.6. The Hall–Kier alpha value is -3.53. The summed E-state index contributed by atoms with van der Waals surface area (Å²) in [6.45, 7) is -2.53. The van der Waals surface area contributed by atoms with Gasteiger partial charge in [-0.2, -0.15) is 8.78 Å². The van der Waals surface area contributed by atoms with Gasteiger partial charge in [0.05, 0.1) is 6.54 Å². The molecule has 2 aromatic carbocycles. The molecule has 0 spiro atoms. The maximum absolute atomic E-state index is 12.3. The smallest absolute Gasteiger partial charge is 0.387 e. The molecule has 29 heavy (non-hydrogen) atoms. The molecule has 154 valence electrons. The number of benzene rings is 2. The molecule has 2 aromatic rings. The van der Waals surface area contributed by atoms with Gasteiger partial charge in [-0.1, -0.05) is 12.1 Å². The minimum Gasteiger partial charge on any atom is -0.435 e. The van der Waals surface area contributed by atoms with Gasteiger partial charge in [-0.05, 0) is 42.9 Å². The van der Waals surface area contributed by atoms with E-state index in [0.29, 0.717) is 6.54 Å². The molecule has 3 amide bonds. The Morgan fingerprint density at radius 3 is 2.07 bits per heavy atom. The van der Waals surface area contributed by atoms with E-state index in [2.05, 4.69) is 10.1 Å². The van der Waals surface area contributed by atoms with Crippen molar-refractivity contribution in [2.75, 3.05) is 18.9 Å². The van der Waals surface area contributed by atoms with Gasteiger partial charge in [0, 0.05) is 23.4 Å². The minimum absolute atomic E-state index is 0.0119. The van der Waals surface area contributed by atoms with Gasteiger partial charge in [0.1, 0.15) is 5.75 Å². The first-order chi connectivity index (χ1) is 13.6. The minimum atomic E-state index is -2.89. The molecule has 0 aliphatic heterocycles. The van der Waals surface area contributed by atoms with Crippen LogP contribution in [0.5, 0.6) is 5.75 Å². The van der Waals surface area contributed by atoms with E-state index in [1.807, 2.05) is 0 Å². The van der Waals surface area contributed by atoms with Gasteiger partial charge >= 0.3 is 6.61 Å². The molecular formula is C19H20F2N4O4. The van der Waals surface area contributed by atoms with Crippen molar-refractivity contribution in [1.29, 1.82) is 0 Å². The number of likely N-dealkylation sites (N-methyl/N-ethyl adjacent to an activating group) is 1. The van der Waals surface area contributed by atoms with Crippen LogP contribution in [0.4, 0.5) is 14.5 Å². The molecule has 0 saturated heterocycles. The number of hydrogen-bond acceptors (Lipinski definition) is 5. The Morgan fingerprint density at radius 1 is 1.03 bits per heavy atom. The van der Waals surface area contributed by atoms with E-state index in [4.69, 9.17) is 11.5 Å². The molecule has 0 unspecified atom stereocenters. The SMILES string of the molecule is CN(CC(=O)Nc1cc(C(N)=O)cc(C(N)=O)c1)Cc1ccc(OC(F)F)cc1. The maximum Gasteiger partial charge on any atom is 0.387 e. The number of anilines is 1. The lowest BCUT2D eigenvalue weighted by Gasteiger charge is -2.17. The van der Waals surface area contributed by atoms with Crippen LogP contribution in [0.15, 0.2) is 42.5 Å². The highest BCUT2D eigenvalue weighted by atomic mass is 19.3. The van der Waals surface area contributed by atoms with Gasteiger partial charge in [-0.25, -0.2) is 0 Å². The molecule has 0 aliphatic carbocycles. The summed E-state index contributed by atoms with van der Waals surface area (Å²) in [5, 5.41) is 2.58. The molecule has 0 radical (unpaired) electrons. The van der Waals surface area contributed by atoms with Crippen LogP contribution in [-0.2, 0) is 11.3 Å². The number of carbonyl (C=O) groups excluding carboxylic acids is 3. The van der Waals surface area contributed by atoms with Gasteiger partial charge in [0.15, 0.2) is 0 Å². The molecular weight excluding hydrogens is 386 g/mol. The number of nitrogens with two attached hydrogens (primary N) is 2. The molecule has 0 fully saturated rings. The average molecular weight is 406 g/mol. The molecule has 0 aliphatic rings. The highest BCUT2D eigenvalue weighted by Gasteiger charge is 2.13. The second-order valence-corrected chi connectivity index (χ2v) is 6.27. The Balaban J connectivity index is 1.98. The number of halogens is 2. The van der Waals surface area contributed by atoms with E-state index < -0.39 is 24.3 Å². The number of hydrogen-bond donors (Lipinski definition) is 3. The summed E-state index contributed by atoms with van der Waals surface area (Å²) in [6.07, 6.45) is 0. The average Bonchev–Trinajstić information content (AvgIpc) is 2.62. The largest absolute Gasteiger partial charge is 0.435 e. The molecule has 0 heterocycles. The maximum atomic E-state index is 12.3. The van der Waals surface area contributed by atoms with Crippen LogP contribution in [0.3, 0.4) is 0 Å². The van der Waals surface area contributed by atoms with Crippen molar-refractivity contribution in [2.45, 2.75) is 13.2 Å². The Kier molecular flexibility index (Phi) is 7.21. The molecule has 8 nitrogen and oxygen atoms in total. The lowest BCUT2D eigenvalue weighted by atomic mass is 10.1. The fourth-order valence-electron chi connectivity index (χ4n) is 2.57. The van der Waals surface area contributed by atoms with Crippen molar-refractivity contribution in [1.82, 2.24) is 4.90 Å². The van der Waals surface area contributed by atoms with Crippen LogP contribution < -0.4 is 21.5 Å². The first kappa shape index (κ1) is 21.8. The first-order valence-corrected chi connectivity index (χ1v) is 8.41. The summed E-state index contributed by atoms with van der Waals surface area (Å²) in [6, 6.07) is 9.98. The van der Waals surface area contributed by atoms with Crippen LogP contribution in [0.2, 0.25) is 0 Å². The summed E-state index contributed by atoms with van der Waals surface area (Å²) in [5.74, 6) is -1.88. The first-order valence-electron chi connectivity index (χ1n) is 8.41. The topological polar surface area (TPSA) is 128 Å². The second-order valence-electron chi connectivity index (χ2n) is 6.27. The Bertz CT molecular complexity index is 871. The van der Waals surface area contributed by atoms with Gasteiger partial charge in [-0.15, -0.1) is 0 Å². The molecule has 0 atom stereocenters. The normalized spacial score (nSPS) is 10.8. The lowest BCUT2D eigenvalue weighted by Crippen LogP contribution is -2.30. The van der Waals surface area contributed by atoms with E-state index in [0.717, 1.165) is 5.56 Å². The third-order valence-electron chi connectivity index (χ3n) is 3.80. The molecule has 0 aromatic heterocycles. The Morgan fingerprint density at radius 2 is 1.59 bits per heavy atom. The van der Waals surface area contributed by atoms with Crippen molar-refractivity contribution in [2.24, 2.45) is 11.5 Å². The third-order valence-corrected chi connectivity index (χ3v) is 3.80. The zero-order valence-electron chi connectivity index (χ0n) is 15.5. The zero-order valence-corrected chi connectivity index (χ0v) is 15.5. The highest BCUT2D eigenvalue weighted by molar-refractivity contribution is 6.01. The van der Waals surface area contributed by atoms with Crippen molar-refractivity contribution >= 4 is 23.4 Å². The number of alkyl halides is 2. The standard InChI is InChI=1S/C19H20F2N4O4/c1-25(9-11-2-4-15(5-3-11)29-19(20)21)10-16(26)24-14-7-12(17(22)27)6-13(8-14)18(23)28/h2-8,19H,9-10H2,1H3,(H2,22,27)(H2,23,28)(H,24,26). The van der Waals surface area contributed by atoms with Crippen LogP contribution >= 0.6 is 0 Å². The van der Waals surface area contributed by atoms with E-state index in [1.54, 1.807) is 24.1 Å². The highest BCUT2D eigenvalue weighted by Crippen LogP contribution is 2.17. The van der Waals surface area contributed by atoms with Gasteiger partial charge in [-0.3, -0.25) is 19.3 Å². The van der Waals surface area contributed by atoms with Crippen molar-refractivity contribution < 1.29 is 27.9 Å². The van der Waals surface area contributed by atoms with E-state index >= 15 is 0 Å². The lowest BCUT2D eigenvalue weighted by molar-refractivity contribution is -0.117. The number of carbonyl (C=O) groups is 3. The van der Waals surface area contributed by atoms with Crippen LogP contribution in [0.25, 0.3) is 0 Å². The fraction of sp³-hybridized carbons (Fsp3) is 0.211. The van der Waals surface area contributed by atoms with Crippen molar-refractivity contribution in [3.05, 3.63) is 59.2 Å². The Labute approximate surface area is 165 Å². The molecule has 5 N–H and O–H groups in total. The number of nitrogens with zero attached hydrogens (tertiary/aromatic N) is 1. The van der Waals surface area contributed by atoms with Gasteiger partial charge in [0.2, 0.25) is 17.7 Å². The molecule has 0 saturated carbocycles. The monoisotopic (exact) mass is 406 g/mol. The number of ether oxygens (including phenoxy) is 1. The predicted octanol–water partition coefficient (Wildman–Crippen LogP) is 1.56. The van der Waals surface area contributed by atoms with Crippen molar-refractivity contribution in [3.8, 4) is 5.75 Å². The quantitative estimate of drug-likeness (QED) is 0.582. The molecule has 10 heteroatoms. The molecule has 0 bridgehead atoms. The summed E-state index contributed by atoms with van der Waals surface area (Å²) in [7, 11) is 1.69. The van der Waals surface area contributed by atoms with Crippen LogP contribution in [0.1, 0.15) is 26.3 Å². The van der Waals surface area contributed by atoms with Crippen LogP contribution in [0, 0.1) is 0 Å². The summed E-state index contributed by atoms with van der Waals surface area (Å²) in [4.78, 5) is 36.7. The van der Waals surface area contributed by atoms with Gasteiger partial charge < -0.3 is 21.5 Å². The summed E-state index contributed by atoms with van der Waals surface area (Å²) < 4.78 is 28.6. The molecule has 2 rings (SSSR count). The number of rotatable bonds is 9. The van der Waals surface area contributed by atoms with E-state index in [-0.39, 0.29) is 29.1 Å². The fourth-order valence-corrected chi connectivity index (χ4v) is 2.57. The van der Waals surface area contributed by atoms with Crippen LogP contribution in [-0.4, -0.2) is 42.8 Å². The number of nitrogens with one attached hydrogen (secondary N) is 1. The van der Waals surface area contributed by atoms with E-state index in [1.165, 1.54) is 30.3 Å².